The Labute approximate surface area is 156 Å². The first-order valence-corrected chi connectivity index (χ1v) is 8.63. The summed E-state index contributed by atoms with van der Waals surface area (Å²) in [5.41, 5.74) is 2.55. The van der Waals surface area contributed by atoms with Crippen molar-refractivity contribution in [2.75, 3.05) is 0 Å². The van der Waals surface area contributed by atoms with E-state index in [0.29, 0.717) is 10.6 Å². The lowest BCUT2D eigenvalue weighted by Gasteiger charge is -2.12. The van der Waals surface area contributed by atoms with Crippen molar-refractivity contribution in [1.29, 1.82) is 0 Å². The van der Waals surface area contributed by atoms with Crippen LogP contribution in [0.5, 0.6) is 5.75 Å². The SMILES string of the molecule is O=C(c1ccccc1O)c1cc2ccccc2cc1-c1ccc(Cl)cc1. The van der Waals surface area contributed by atoms with Crippen LogP contribution in [0.3, 0.4) is 0 Å². The van der Waals surface area contributed by atoms with E-state index >= 15 is 0 Å². The molecule has 0 unspecified atom stereocenters. The number of fused-ring (bicyclic) bond motifs is 1. The molecule has 0 bridgehead atoms. The summed E-state index contributed by atoms with van der Waals surface area (Å²) in [6.07, 6.45) is 0. The zero-order valence-electron chi connectivity index (χ0n) is 13.8. The van der Waals surface area contributed by atoms with E-state index in [0.717, 1.165) is 21.9 Å². The fraction of sp³-hybridized carbons (Fsp3) is 0. The van der Waals surface area contributed by atoms with Gasteiger partial charge in [0.1, 0.15) is 5.75 Å². The molecule has 0 fully saturated rings. The lowest BCUT2D eigenvalue weighted by atomic mass is 9.91. The second kappa shape index (κ2) is 6.66. The maximum Gasteiger partial charge on any atom is 0.197 e. The number of hydrogen-bond acceptors (Lipinski definition) is 2. The van der Waals surface area contributed by atoms with Crippen molar-refractivity contribution >= 4 is 28.2 Å². The fourth-order valence-corrected chi connectivity index (χ4v) is 3.23. The Morgan fingerprint density at radius 2 is 1.35 bits per heavy atom. The summed E-state index contributed by atoms with van der Waals surface area (Å²) < 4.78 is 0. The van der Waals surface area contributed by atoms with Crippen LogP contribution in [0.25, 0.3) is 21.9 Å². The summed E-state index contributed by atoms with van der Waals surface area (Å²) in [6, 6.07) is 25.8. The average molecular weight is 359 g/mol. The molecule has 0 amide bonds. The number of halogens is 1. The molecule has 0 saturated heterocycles. The molecular weight excluding hydrogens is 344 g/mol. The highest BCUT2D eigenvalue weighted by molar-refractivity contribution is 6.30. The van der Waals surface area contributed by atoms with E-state index in [9.17, 15) is 9.90 Å². The Balaban J connectivity index is 1.97. The molecule has 4 aromatic carbocycles. The van der Waals surface area contributed by atoms with Crippen molar-refractivity contribution in [1.82, 2.24) is 0 Å². The fourth-order valence-electron chi connectivity index (χ4n) is 3.11. The first-order chi connectivity index (χ1) is 12.6. The molecule has 0 aromatic heterocycles. The van der Waals surface area contributed by atoms with Gasteiger partial charge in [0.2, 0.25) is 0 Å². The van der Waals surface area contributed by atoms with Crippen LogP contribution in [0, 0.1) is 0 Å². The Morgan fingerprint density at radius 1 is 0.731 bits per heavy atom. The molecule has 4 aromatic rings. The molecule has 0 radical (unpaired) electrons. The Hall–Kier alpha value is -3.10. The summed E-state index contributed by atoms with van der Waals surface area (Å²) in [7, 11) is 0. The van der Waals surface area contributed by atoms with Gasteiger partial charge < -0.3 is 5.11 Å². The van der Waals surface area contributed by atoms with Crippen molar-refractivity contribution in [3.63, 3.8) is 0 Å². The van der Waals surface area contributed by atoms with Crippen LogP contribution in [0.2, 0.25) is 5.02 Å². The second-order valence-corrected chi connectivity index (χ2v) is 6.53. The highest BCUT2D eigenvalue weighted by Gasteiger charge is 2.18. The quantitative estimate of drug-likeness (QED) is 0.449. The molecule has 1 N–H and O–H groups in total. The van der Waals surface area contributed by atoms with Gasteiger partial charge in [0, 0.05) is 10.6 Å². The van der Waals surface area contributed by atoms with Crippen LogP contribution in [-0.2, 0) is 0 Å². The first-order valence-electron chi connectivity index (χ1n) is 8.25. The van der Waals surface area contributed by atoms with Gasteiger partial charge in [-0.1, -0.05) is 60.1 Å². The van der Waals surface area contributed by atoms with Crippen LogP contribution in [0.1, 0.15) is 15.9 Å². The van der Waals surface area contributed by atoms with E-state index in [1.807, 2.05) is 48.5 Å². The van der Waals surface area contributed by atoms with E-state index in [-0.39, 0.29) is 17.1 Å². The summed E-state index contributed by atoms with van der Waals surface area (Å²) in [5, 5.41) is 12.8. The number of phenolic OH excluding ortho intramolecular Hbond substituents is 1. The summed E-state index contributed by atoms with van der Waals surface area (Å²) >= 11 is 6.01. The number of hydrogen-bond donors (Lipinski definition) is 1. The van der Waals surface area contributed by atoms with E-state index in [1.165, 1.54) is 6.07 Å². The maximum absolute atomic E-state index is 13.2. The Bertz CT molecular complexity index is 1110. The predicted octanol–water partition coefficient (Wildman–Crippen LogP) is 6.10. The van der Waals surface area contributed by atoms with Gasteiger partial charge in [-0.25, -0.2) is 0 Å². The first kappa shape index (κ1) is 16.4. The highest BCUT2D eigenvalue weighted by Crippen LogP contribution is 2.32. The van der Waals surface area contributed by atoms with Gasteiger partial charge in [0.25, 0.3) is 0 Å². The molecule has 0 aliphatic rings. The van der Waals surface area contributed by atoms with Gasteiger partial charge in [-0.3, -0.25) is 4.79 Å². The minimum atomic E-state index is -0.209. The molecular formula is C23H15ClO2. The largest absolute Gasteiger partial charge is 0.507 e. The van der Waals surface area contributed by atoms with Gasteiger partial charge >= 0.3 is 0 Å². The third-order valence-electron chi connectivity index (χ3n) is 4.43. The van der Waals surface area contributed by atoms with Crippen molar-refractivity contribution in [3.8, 4) is 16.9 Å². The molecule has 126 valence electrons. The zero-order valence-corrected chi connectivity index (χ0v) is 14.6. The average Bonchev–Trinajstić information content (AvgIpc) is 2.67. The van der Waals surface area contributed by atoms with Crippen molar-refractivity contribution in [2.45, 2.75) is 0 Å². The number of para-hydroxylation sites is 1. The summed E-state index contributed by atoms with van der Waals surface area (Å²) in [5.74, 6) is -0.230. The lowest BCUT2D eigenvalue weighted by Crippen LogP contribution is -2.04. The molecule has 0 heterocycles. The van der Waals surface area contributed by atoms with Crippen LogP contribution in [0.4, 0.5) is 0 Å². The third kappa shape index (κ3) is 2.96. The molecule has 0 spiro atoms. The Morgan fingerprint density at radius 3 is 2.04 bits per heavy atom. The maximum atomic E-state index is 13.2. The summed E-state index contributed by atoms with van der Waals surface area (Å²) in [6.45, 7) is 0. The Kier molecular flexibility index (Phi) is 4.19. The van der Waals surface area contributed by atoms with Crippen LogP contribution in [0.15, 0.2) is 84.9 Å². The minimum Gasteiger partial charge on any atom is -0.507 e. The highest BCUT2D eigenvalue weighted by atomic mass is 35.5. The van der Waals surface area contributed by atoms with Crippen molar-refractivity contribution in [2.24, 2.45) is 0 Å². The van der Waals surface area contributed by atoms with Gasteiger partial charge in [0.15, 0.2) is 5.78 Å². The van der Waals surface area contributed by atoms with E-state index in [1.54, 1.807) is 30.3 Å². The zero-order chi connectivity index (χ0) is 18.1. The number of rotatable bonds is 3. The van der Waals surface area contributed by atoms with Gasteiger partial charge in [-0.15, -0.1) is 0 Å². The monoisotopic (exact) mass is 358 g/mol. The molecule has 4 rings (SSSR count). The molecule has 2 nitrogen and oxygen atoms in total. The van der Waals surface area contributed by atoms with Crippen molar-refractivity contribution < 1.29 is 9.90 Å². The van der Waals surface area contributed by atoms with E-state index in [4.69, 9.17) is 11.6 Å². The van der Waals surface area contributed by atoms with Crippen LogP contribution < -0.4 is 0 Å². The smallest absolute Gasteiger partial charge is 0.197 e. The predicted molar refractivity (Wildman–Crippen MR) is 106 cm³/mol. The minimum absolute atomic E-state index is 0.0206. The van der Waals surface area contributed by atoms with E-state index in [2.05, 4.69) is 0 Å². The third-order valence-corrected chi connectivity index (χ3v) is 4.69. The van der Waals surface area contributed by atoms with Crippen molar-refractivity contribution in [3.05, 3.63) is 101 Å². The molecule has 3 heteroatoms. The molecule has 26 heavy (non-hydrogen) atoms. The van der Waals surface area contributed by atoms with Gasteiger partial charge in [-0.05, 0) is 58.3 Å². The lowest BCUT2D eigenvalue weighted by molar-refractivity contribution is 0.103. The summed E-state index contributed by atoms with van der Waals surface area (Å²) in [4.78, 5) is 13.2. The number of phenols is 1. The topological polar surface area (TPSA) is 37.3 Å². The van der Waals surface area contributed by atoms with Gasteiger partial charge in [0.05, 0.1) is 5.56 Å². The standard InChI is InChI=1S/C23H15ClO2/c24-18-11-9-15(10-12-18)20-13-16-5-1-2-6-17(16)14-21(20)23(26)19-7-3-4-8-22(19)25/h1-14,25H. The number of carbonyl (C=O) groups excluding carboxylic acids is 1. The number of benzene rings is 4. The van der Waals surface area contributed by atoms with Crippen LogP contribution >= 0.6 is 11.6 Å². The molecule has 0 aliphatic carbocycles. The number of ketones is 1. The molecule has 0 saturated carbocycles. The van der Waals surface area contributed by atoms with Gasteiger partial charge in [-0.2, -0.15) is 0 Å². The molecule has 0 atom stereocenters. The second-order valence-electron chi connectivity index (χ2n) is 6.10. The molecule has 0 aliphatic heterocycles. The van der Waals surface area contributed by atoms with Crippen LogP contribution in [-0.4, -0.2) is 10.9 Å². The number of aromatic hydroxyl groups is 1. The van der Waals surface area contributed by atoms with E-state index < -0.39 is 0 Å². The normalized spacial score (nSPS) is 10.8. The number of carbonyl (C=O) groups is 1.